The van der Waals surface area contributed by atoms with E-state index in [9.17, 15) is 8.78 Å². The van der Waals surface area contributed by atoms with Crippen LogP contribution in [0, 0.1) is 11.6 Å². The van der Waals surface area contributed by atoms with Crippen molar-refractivity contribution in [2.45, 2.75) is 0 Å². The molecule has 1 heterocycles. The molecule has 0 amide bonds. The summed E-state index contributed by atoms with van der Waals surface area (Å²) in [5, 5.41) is 0.472. The molecule has 24 heavy (non-hydrogen) atoms. The second-order valence-corrected chi connectivity index (χ2v) is 5.56. The minimum atomic E-state index is -0.651. The second kappa shape index (κ2) is 5.85. The van der Waals surface area contributed by atoms with Gasteiger partial charge in [0.15, 0.2) is 5.82 Å². The number of aromatic nitrogens is 1. The molecule has 0 aliphatic carbocycles. The molecule has 0 N–H and O–H groups in total. The van der Waals surface area contributed by atoms with Gasteiger partial charge < -0.3 is 0 Å². The zero-order valence-electron chi connectivity index (χ0n) is 12.7. The smallest absolute Gasteiger partial charge is 0.152 e. The molecular formula is C21H13F2N. The van der Waals surface area contributed by atoms with Crippen molar-refractivity contribution in [3.05, 3.63) is 90.6 Å². The van der Waals surface area contributed by atoms with Crippen LogP contribution < -0.4 is 0 Å². The Hall–Kier alpha value is -3.07. The van der Waals surface area contributed by atoms with Gasteiger partial charge in [-0.1, -0.05) is 60.7 Å². The van der Waals surface area contributed by atoms with Crippen LogP contribution in [0.4, 0.5) is 8.78 Å². The summed E-state index contributed by atoms with van der Waals surface area (Å²) >= 11 is 0. The molecule has 116 valence electrons. The first-order valence-corrected chi connectivity index (χ1v) is 7.62. The Balaban J connectivity index is 2.14. The molecule has 0 saturated carbocycles. The highest BCUT2D eigenvalue weighted by Gasteiger charge is 2.16. The lowest BCUT2D eigenvalue weighted by atomic mass is 9.92. The van der Waals surface area contributed by atoms with Gasteiger partial charge in [0.2, 0.25) is 0 Å². The maximum Gasteiger partial charge on any atom is 0.152 e. The quantitative estimate of drug-likeness (QED) is 0.452. The van der Waals surface area contributed by atoms with E-state index in [4.69, 9.17) is 0 Å². The lowest BCUT2D eigenvalue weighted by Crippen LogP contribution is -1.94. The van der Waals surface area contributed by atoms with Crippen molar-refractivity contribution >= 4 is 10.9 Å². The van der Waals surface area contributed by atoms with E-state index in [0.717, 1.165) is 28.3 Å². The Morgan fingerprint density at radius 1 is 0.708 bits per heavy atom. The van der Waals surface area contributed by atoms with E-state index in [-0.39, 0.29) is 5.52 Å². The van der Waals surface area contributed by atoms with Crippen LogP contribution in [-0.2, 0) is 0 Å². The maximum absolute atomic E-state index is 14.2. The lowest BCUT2D eigenvalue weighted by Gasteiger charge is -2.14. The highest BCUT2D eigenvalue weighted by molar-refractivity contribution is 6.02. The maximum atomic E-state index is 14.2. The van der Waals surface area contributed by atoms with Crippen molar-refractivity contribution in [3.8, 4) is 22.3 Å². The minimum Gasteiger partial charge on any atom is -0.252 e. The van der Waals surface area contributed by atoms with Gasteiger partial charge in [0, 0.05) is 28.8 Å². The van der Waals surface area contributed by atoms with E-state index in [2.05, 4.69) is 4.98 Å². The van der Waals surface area contributed by atoms with E-state index in [1.54, 1.807) is 6.20 Å². The summed E-state index contributed by atoms with van der Waals surface area (Å²) in [6.45, 7) is 0. The SMILES string of the molecule is Fc1cc(F)c2ncc(-c3ccccc3)c(-c3ccccc3)c2c1. The highest BCUT2D eigenvalue weighted by atomic mass is 19.1. The van der Waals surface area contributed by atoms with E-state index >= 15 is 0 Å². The Bertz CT molecular complexity index is 1010. The van der Waals surface area contributed by atoms with Crippen molar-refractivity contribution in [3.63, 3.8) is 0 Å². The Labute approximate surface area is 138 Å². The number of benzene rings is 3. The number of halogens is 2. The molecule has 0 bridgehead atoms. The third-order valence-electron chi connectivity index (χ3n) is 4.04. The fraction of sp³-hybridized carbons (Fsp3) is 0. The molecule has 0 aliphatic rings. The van der Waals surface area contributed by atoms with Gasteiger partial charge in [0.1, 0.15) is 11.3 Å². The zero-order valence-corrected chi connectivity index (χ0v) is 12.7. The van der Waals surface area contributed by atoms with Crippen LogP contribution in [0.3, 0.4) is 0 Å². The average Bonchev–Trinajstić information content (AvgIpc) is 2.62. The first-order chi connectivity index (χ1) is 11.7. The van der Waals surface area contributed by atoms with Crippen molar-refractivity contribution in [2.75, 3.05) is 0 Å². The molecule has 3 heteroatoms. The van der Waals surface area contributed by atoms with E-state index in [1.165, 1.54) is 6.07 Å². The molecule has 0 spiro atoms. The van der Waals surface area contributed by atoms with Gasteiger partial charge in [-0.2, -0.15) is 0 Å². The number of nitrogens with zero attached hydrogens (tertiary/aromatic N) is 1. The van der Waals surface area contributed by atoms with E-state index in [0.29, 0.717) is 5.39 Å². The molecular weight excluding hydrogens is 304 g/mol. The molecule has 0 unspecified atom stereocenters. The number of rotatable bonds is 2. The van der Waals surface area contributed by atoms with Gasteiger partial charge in [-0.25, -0.2) is 8.78 Å². The predicted octanol–water partition coefficient (Wildman–Crippen LogP) is 5.85. The van der Waals surface area contributed by atoms with Crippen LogP contribution in [-0.4, -0.2) is 4.98 Å². The molecule has 3 aromatic carbocycles. The van der Waals surface area contributed by atoms with Crippen LogP contribution >= 0.6 is 0 Å². The molecule has 0 atom stereocenters. The van der Waals surface area contributed by atoms with Crippen LogP contribution in [0.15, 0.2) is 79.0 Å². The third-order valence-corrected chi connectivity index (χ3v) is 4.04. The fourth-order valence-electron chi connectivity index (χ4n) is 2.98. The summed E-state index contributed by atoms with van der Waals surface area (Å²) in [6.07, 6.45) is 1.65. The third kappa shape index (κ3) is 2.44. The predicted molar refractivity (Wildman–Crippen MR) is 92.5 cm³/mol. The molecule has 4 aromatic rings. The topological polar surface area (TPSA) is 12.9 Å². The van der Waals surface area contributed by atoms with Gasteiger partial charge in [0.25, 0.3) is 0 Å². The number of fused-ring (bicyclic) bond motifs is 1. The monoisotopic (exact) mass is 317 g/mol. The van der Waals surface area contributed by atoms with Gasteiger partial charge in [-0.3, -0.25) is 4.98 Å². The summed E-state index contributed by atoms with van der Waals surface area (Å²) in [5.74, 6) is -1.26. The normalized spacial score (nSPS) is 10.9. The van der Waals surface area contributed by atoms with E-state index in [1.807, 2.05) is 60.7 Å². The first-order valence-electron chi connectivity index (χ1n) is 7.62. The first kappa shape index (κ1) is 14.5. The number of hydrogen-bond acceptors (Lipinski definition) is 1. The second-order valence-electron chi connectivity index (χ2n) is 5.56. The average molecular weight is 317 g/mol. The highest BCUT2D eigenvalue weighted by Crippen LogP contribution is 2.37. The summed E-state index contributed by atoms with van der Waals surface area (Å²) in [7, 11) is 0. The van der Waals surface area contributed by atoms with Gasteiger partial charge in [-0.05, 0) is 17.2 Å². The van der Waals surface area contributed by atoms with Gasteiger partial charge in [0.05, 0.1) is 0 Å². The van der Waals surface area contributed by atoms with Crippen LogP contribution in [0.5, 0.6) is 0 Å². The summed E-state index contributed by atoms with van der Waals surface area (Å²) in [6, 6.07) is 21.5. The van der Waals surface area contributed by atoms with Gasteiger partial charge in [-0.15, -0.1) is 0 Å². The Morgan fingerprint density at radius 2 is 1.33 bits per heavy atom. The summed E-state index contributed by atoms with van der Waals surface area (Å²) in [5.41, 5.74) is 3.66. The van der Waals surface area contributed by atoms with Crippen LogP contribution in [0.2, 0.25) is 0 Å². The Morgan fingerprint density at radius 3 is 2.00 bits per heavy atom. The fourth-order valence-corrected chi connectivity index (χ4v) is 2.98. The largest absolute Gasteiger partial charge is 0.252 e. The lowest BCUT2D eigenvalue weighted by molar-refractivity contribution is 0.590. The molecule has 0 radical (unpaired) electrons. The number of pyridine rings is 1. The van der Waals surface area contributed by atoms with Crippen LogP contribution in [0.25, 0.3) is 33.2 Å². The number of hydrogen-bond donors (Lipinski definition) is 0. The van der Waals surface area contributed by atoms with Crippen molar-refractivity contribution in [2.24, 2.45) is 0 Å². The molecule has 4 rings (SSSR count). The standard InChI is InChI=1S/C21H13F2N/c22-16-11-17-20(15-9-5-2-6-10-15)18(14-7-3-1-4-8-14)13-24-21(17)19(23)12-16/h1-13H. The molecule has 1 aromatic heterocycles. The zero-order chi connectivity index (χ0) is 16.5. The Kier molecular flexibility index (Phi) is 3.54. The van der Waals surface area contributed by atoms with Crippen molar-refractivity contribution in [1.82, 2.24) is 4.98 Å². The van der Waals surface area contributed by atoms with Gasteiger partial charge >= 0.3 is 0 Å². The minimum absolute atomic E-state index is 0.176. The molecule has 0 fully saturated rings. The summed E-state index contributed by atoms with van der Waals surface area (Å²) in [4.78, 5) is 4.24. The summed E-state index contributed by atoms with van der Waals surface area (Å²) < 4.78 is 28.0. The molecule has 1 nitrogen and oxygen atoms in total. The van der Waals surface area contributed by atoms with Crippen molar-refractivity contribution < 1.29 is 8.78 Å². The molecule has 0 aliphatic heterocycles. The molecule has 0 saturated heterocycles. The van der Waals surface area contributed by atoms with E-state index < -0.39 is 11.6 Å². The van der Waals surface area contributed by atoms with Crippen LogP contribution in [0.1, 0.15) is 0 Å². The van der Waals surface area contributed by atoms with Crippen molar-refractivity contribution in [1.29, 1.82) is 0 Å².